The molecule has 0 unspecified atom stereocenters. The third kappa shape index (κ3) is 5.45. The molecule has 1 aromatic carbocycles. The van der Waals surface area contributed by atoms with Gasteiger partial charge >= 0.3 is 6.09 Å². The fourth-order valence-electron chi connectivity index (χ4n) is 4.89. The molecule has 4 heterocycles. The van der Waals surface area contributed by atoms with E-state index in [1.807, 2.05) is 56.5 Å². The van der Waals surface area contributed by atoms with E-state index < -0.39 is 11.6 Å². The topological polar surface area (TPSA) is 92.9 Å². The van der Waals surface area contributed by atoms with Crippen LogP contribution < -0.4 is 0 Å². The molecular formula is C28H33ClN6O3S. The highest BCUT2D eigenvalue weighted by Crippen LogP contribution is 2.39. The Bertz CT molecular complexity index is 1440. The monoisotopic (exact) mass is 568 g/mol. The molecule has 1 fully saturated rings. The van der Waals surface area contributed by atoms with Crippen LogP contribution in [0.5, 0.6) is 0 Å². The van der Waals surface area contributed by atoms with Crippen molar-refractivity contribution in [2.24, 2.45) is 4.99 Å². The van der Waals surface area contributed by atoms with E-state index in [9.17, 15) is 9.59 Å². The summed E-state index contributed by atoms with van der Waals surface area (Å²) in [5.41, 5.74) is 3.37. The summed E-state index contributed by atoms with van der Waals surface area (Å²) >= 11 is 7.88. The molecule has 0 N–H and O–H groups in total. The number of nitrogens with zero attached hydrogens (tertiary/aromatic N) is 6. The smallest absolute Gasteiger partial charge is 0.410 e. The maximum atomic E-state index is 13.6. The van der Waals surface area contributed by atoms with Crippen molar-refractivity contribution in [3.8, 4) is 5.00 Å². The van der Waals surface area contributed by atoms with Gasteiger partial charge < -0.3 is 14.5 Å². The summed E-state index contributed by atoms with van der Waals surface area (Å²) in [6, 6.07) is 7.12. The molecule has 2 aromatic heterocycles. The predicted octanol–water partition coefficient (Wildman–Crippen LogP) is 5.27. The molecule has 2 amide bonds. The number of thiophene rings is 1. The van der Waals surface area contributed by atoms with Crippen molar-refractivity contribution in [2.75, 3.05) is 26.2 Å². The lowest BCUT2D eigenvalue weighted by atomic mass is 9.99. The zero-order valence-corrected chi connectivity index (χ0v) is 24.7. The van der Waals surface area contributed by atoms with E-state index in [2.05, 4.69) is 24.0 Å². The summed E-state index contributed by atoms with van der Waals surface area (Å²) in [7, 11) is 0. The highest BCUT2D eigenvalue weighted by Gasteiger charge is 2.34. The fourth-order valence-corrected chi connectivity index (χ4v) is 6.23. The van der Waals surface area contributed by atoms with E-state index in [1.165, 1.54) is 4.88 Å². The second kappa shape index (κ2) is 10.4. The average molecular weight is 569 g/mol. The first kappa shape index (κ1) is 27.3. The maximum absolute atomic E-state index is 13.6. The van der Waals surface area contributed by atoms with Crippen LogP contribution in [-0.4, -0.2) is 74.1 Å². The second-order valence-electron chi connectivity index (χ2n) is 11.0. The van der Waals surface area contributed by atoms with Crippen LogP contribution in [0.3, 0.4) is 0 Å². The summed E-state index contributed by atoms with van der Waals surface area (Å²) < 4.78 is 7.54. The zero-order valence-electron chi connectivity index (χ0n) is 23.1. The van der Waals surface area contributed by atoms with Crippen molar-refractivity contribution in [1.29, 1.82) is 0 Å². The summed E-state index contributed by atoms with van der Waals surface area (Å²) in [5.74, 6) is 1.37. The van der Waals surface area contributed by atoms with E-state index in [0.717, 1.165) is 33.2 Å². The minimum atomic E-state index is -0.559. The van der Waals surface area contributed by atoms with Crippen LogP contribution in [0.4, 0.5) is 4.79 Å². The van der Waals surface area contributed by atoms with Gasteiger partial charge in [0, 0.05) is 47.2 Å². The highest BCUT2D eigenvalue weighted by atomic mass is 35.5. The van der Waals surface area contributed by atoms with Crippen LogP contribution >= 0.6 is 22.9 Å². The molecule has 39 heavy (non-hydrogen) atoms. The number of aliphatic imine (C=N–C) groups is 1. The molecule has 3 aromatic rings. The van der Waals surface area contributed by atoms with Crippen molar-refractivity contribution in [1.82, 2.24) is 24.6 Å². The number of ether oxygens (including phenoxy) is 1. The van der Waals surface area contributed by atoms with E-state index in [0.29, 0.717) is 37.0 Å². The highest BCUT2D eigenvalue weighted by molar-refractivity contribution is 7.15. The van der Waals surface area contributed by atoms with Gasteiger partial charge in [0.1, 0.15) is 22.5 Å². The lowest BCUT2D eigenvalue weighted by Crippen LogP contribution is -2.51. The van der Waals surface area contributed by atoms with E-state index in [-0.39, 0.29) is 18.4 Å². The summed E-state index contributed by atoms with van der Waals surface area (Å²) in [4.78, 5) is 35.9. The molecule has 0 bridgehead atoms. The van der Waals surface area contributed by atoms with Gasteiger partial charge in [0.25, 0.3) is 0 Å². The normalized spacial score (nSPS) is 17.3. The molecule has 11 heteroatoms. The third-order valence-electron chi connectivity index (χ3n) is 7.01. The van der Waals surface area contributed by atoms with Gasteiger partial charge in [-0.05, 0) is 59.2 Å². The molecule has 5 rings (SSSR count). The Balaban J connectivity index is 1.44. The number of fused-ring (bicyclic) bond motifs is 3. The van der Waals surface area contributed by atoms with Crippen LogP contribution in [0.25, 0.3) is 5.00 Å². The number of carbonyl (C=O) groups excluding carboxylic acids is 2. The van der Waals surface area contributed by atoms with Crippen LogP contribution in [0.15, 0.2) is 29.3 Å². The Morgan fingerprint density at radius 2 is 1.67 bits per heavy atom. The van der Waals surface area contributed by atoms with Gasteiger partial charge in [-0.25, -0.2) is 4.79 Å². The van der Waals surface area contributed by atoms with Gasteiger partial charge in [-0.3, -0.25) is 14.4 Å². The molecular weight excluding hydrogens is 536 g/mol. The number of hydrogen-bond donors (Lipinski definition) is 0. The molecule has 206 valence electrons. The molecule has 0 radical (unpaired) electrons. The predicted molar refractivity (Wildman–Crippen MR) is 152 cm³/mol. The standard InChI is InChI=1S/C28H33ClN6O3S/c1-16-17(2)39-26-23(16)24(19-7-9-20(29)10-8-19)30-21(25-32-31-18(3)35(25)26)15-22(36)33-11-13-34(14-12-33)27(37)38-28(4,5)6/h7-10,21H,11-15H2,1-6H3/t21-/m0/s1. The Hall–Kier alpha value is -3.24. The number of amides is 2. The molecule has 1 saturated heterocycles. The van der Waals surface area contributed by atoms with Crippen molar-refractivity contribution >= 4 is 40.6 Å². The van der Waals surface area contributed by atoms with Crippen LogP contribution in [0, 0.1) is 20.8 Å². The number of hydrogen-bond acceptors (Lipinski definition) is 7. The molecule has 1 atom stereocenters. The number of aryl methyl sites for hydroxylation is 2. The third-order valence-corrected chi connectivity index (χ3v) is 8.45. The van der Waals surface area contributed by atoms with Crippen molar-refractivity contribution in [2.45, 2.75) is 59.6 Å². The summed E-state index contributed by atoms with van der Waals surface area (Å²) in [6.45, 7) is 13.4. The van der Waals surface area contributed by atoms with Gasteiger partial charge in [-0.15, -0.1) is 21.5 Å². The molecule has 2 aliphatic heterocycles. The lowest BCUT2D eigenvalue weighted by Gasteiger charge is -2.36. The maximum Gasteiger partial charge on any atom is 0.410 e. The number of halogens is 1. The SMILES string of the molecule is Cc1sc2c(c1C)C(c1ccc(Cl)cc1)=N[C@@H](CC(=O)N1CCN(C(=O)OC(C)(C)C)CC1)c1nnc(C)n1-2. The quantitative estimate of drug-likeness (QED) is 0.429. The van der Waals surface area contributed by atoms with Crippen LogP contribution in [0.1, 0.15) is 66.5 Å². The van der Waals surface area contributed by atoms with Crippen molar-refractivity contribution < 1.29 is 14.3 Å². The number of aromatic nitrogens is 3. The van der Waals surface area contributed by atoms with E-state index in [4.69, 9.17) is 21.3 Å². The Kier molecular flexibility index (Phi) is 7.28. The second-order valence-corrected chi connectivity index (χ2v) is 12.6. The van der Waals surface area contributed by atoms with Crippen molar-refractivity contribution in [3.63, 3.8) is 0 Å². The van der Waals surface area contributed by atoms with Gasteiger partial charge in [0.05, 0.1) is 12.1 Å². The zero-order chi connectivity index (χ0) is 28.1. The molecule has 0 spiro atoms. The first-order chi connectivity index (χ1) is 18.4. The van der Waals surface area contributed by atoms with Gasteiger partial charge in [-0.2, -0.15) is 0 Å². The van der Waals surface area contributed by atoms with Gasteiger partial charge in [0.15, 0.2) is 5.82 Å². The molecule has 9 nitrogen and oxygen atoms in total. The van der Waals surface area contributed by atoms with Crippen LogP contribution in [-0.2, 0) is 9.53 Å². The van der Waals surface area contributed by atoms with Crippen molar-refractivity contribution in [3.05, 3.63) is 62.5 Å². The average Bonchev–Trinajstić information content (AvgIpc) is 3.35. The Morgan fingerprint density at radius 3 is 2.31 bits per heavy atom. The molecule has 2 aliphatic rings. The lowest BCUT2D eigenvalue weighted by molar-refractivity contribution is -0.133. The Morgan fingerprint density at radius 1 is 1.03 bits per heavy atom. The first-order valence-corrected chi connectivity index (χ1v) is 14.2. The summed E-state index contributed by atoms with van der Waals surface area (Å²) in [6.07, 6.45) is -0.204. The Labute approximate surface area is 237 Å². The van der Waals surface area contributed by atoms with Gasteiger partial charge in [0.2, 0.25) is 5.91 Å². The number of rotatable bonds is 3. The van der Waals surface area contributed by atoms with E-state index >= 15 is 0 Å². The minimum absolute atomic E-state index is 0.0339. The minimum Gasteiger partial charge on any atom is -0.444 e. The fraction of sp³-hybridized carbons (Fsp3) is 0.464. The van der Waals surface area contributed by atoms with Crippen LogP contribution in [0.2, 0.25) is 5.02 Å². The molecule has 0 aliphatic carbocycles. The largest absolute Gasteiger partial charge is 0.444 e. The number of benzene rings is 1. The number of carbonyl (C=O) groups is 2. The molecule has 0 saturated carbocycles. The first-order valence-electron chi connectivity index (χ1n) is 13.0. The van der Waals surface area contributed by atoms with E-state index in [1.54, 1.807) is 21.1 Å². The van der Waals surface area contributed by atoms with Gasteiger partial charge in [-0.1, -0.05) is 23.7 Å². The summed E-state index contributed by atoms with van der Waals surface area (Å²) in [5, 5.41) is 10.5. The number of piperazine rings is 1.